The Bertz CT molecular complexity index is 629. The van der Waals surface area contributed by atoms with Crippen LogP contribution in [0.1, 0.15) is 65.6 Å². The maximum Gasteiger partial charge on any atom is 0.306 e. The number of nitrogens with one attached hydrogen (secondary N) is 1. The minimum atomic E-state index is -0.509. The van der Waals surface area contributed by atoms with Crippen LogP contribution in [0.2, 0.25) is 0 Å². The number of carbonyl (C=O) groups is 3. The molecule has 0 radical (unpaired) electrons. The largest absolute Gasteiger partial charge is 0.456 e. The van der Waals surface area contributed by atoms with E-state index in [0.717, 1.165) is 41.4 Å². The molecule has 1 amide bonds. The van der Waals surface area contributed by atoms with E-state index in [-0.39, 0.29) is 37.2 Å². The molecular formula is C19H27NO4S. The number of aryl methyl sites for hydroxylation is 2. The van der Waals surface area contributed by atoms with Crippen molar-refractivity contribution in [2.75, 3.05) is 6.61 Å². The number of carbonyl (C=O) groups excluding carboxylic acids is 3. The lowest BCUT2D eigenvalue weighted by molar-refractivity contribution is -0.148. The summed E-state index contributed by atoms with van der Waals surface area (Å²) in [4.78, 5) is 37.8. The van der Waals surface area contributed by atoms with E-state index in [1.807, 2.05) is 19.9 Å². The summed E-state index contributed by atoms with van der Waals surface area (Å²) in [5.41, 5.74) is 0.680. The Balaban J connectivity index is 1.65. The molecule has 0 bridgehead atoms. The highest BCUT2D eigenvalue weighted by atomic mass is 32.1. The monoisotopic (exact) mass is 365 g/mol. The molecule has 0 spiro atoms. The highest BCUT2D eigenvalue weighted by Crippen LogP contribution is 2.23. The van der Waals surface area contributed by atoms with Crippen LogP contribution >= 0.6 is 11.3 Å². The van der Waals surface area contributed by atoms with E-state index in [1.54, 1.807) is 11.3 Å². The summed E-state index contributed by atoms with van der Waals surface area (Å²) in [5, 5.41) is 2.91. The van der Waals surface area contributed by atoms with Crippen LogP contribution in [0.15, 0.2) is 6.07 Å². The highest BCUT2D eigenvalue weighted by molar-refractivity contribution is 7.12. The lowest BCUT2D eigenvalue weighted by Gasteiger charge is -2.26. The molecule has 1 fully saturated rings. The van der Waals surface area contributed by atoms with Crippen LogP contribution < -0.4 is 5.32 Å². The van der Waals surface area contributed by atoms with Crippen LogP contribution in [-0.2, 0) is 14.3 Å². The van der Waals surface area contributed by atoms with Gasteiger partial charge in [0.1, 0.15) is 0 Å². The fourth-order valence-corrected chi connectivity index (χ4v) is 4.09. The molecular weight excluding hydrogens is 338 g/mol. The molecule has 1 aliphatic carbocycles. The van der Waals surface area contributed by atoms with Crippen LogP contribution in [-0.4, -0.2) is 30.3 Å². The van der Waals surface area contributed by atoms with E-state index in [4.69, 9.17) is 4.74 Å². The Morgan fingerprint density at radius 2 is 1.84 bits per heavy atom. The summed E-state index contributed by atoms with van der Waals surface area (Å²) in [6.45, 7) is 5.81. The van der Waals surface area contributed by atoms with Crippen molar-refractivity contribution in [1.82, 2.24) is 5.32 Å². The van der Waals surface area contributed by atoms with E-state index in [9.17, 15) is 14.4 Å². The molecule has 1 aromatic heterocycles. The zero-order valence-electron chi connectivity index (χ0n) is 15.2. The van der Waals surface area contributed by atoms with E-state index in [0.29, 0.717) is 5.56 Å². The number of ether oxygens (including phenoxy) is 1. The predicted molar refractivity (Wildman–Crippen MR) is 97.9 cm³/mol. The summed E-state index contributed by atoms with van der Waals surface area (Å²) in [7, 11) is 0. The summed E-state index contributed by atoms with van der Waals surface area (Å²) in [5.74, 6) is -0.104. The molecule has 0 aliphatic heterocycles. The summed E-state index contributed by atoms with van der Waals surface area (Å²) < 4.78 is 4.99. The van der Waals surface area contributed by atoms with Crippen LogP contribution in [0.4, 0.5) is 0 Å². The van der Waals surface area contributed by atoms with Gasteiger partial charge in [-0.15, -0.1) is 11.3 Å². The molecule has 1 aromatic rings. The molecule has 1 aliphatic rings. The molecule has 0 unspecified atom stereocenters. The quantitative estimate of drug-likeness (QED) is 0.592. The molecule has 138 valence electrons. The second kappa shape index (κ2) is 9.13. The van der Waals surface area contributed by atoms with Crippen molar-refractivity contribution in [2.24, 2.45) is 5.92 Å². The fraction of sp³-hybridized carbons (Fsp3) is 0.632. The maximum absolute atomic E-state index is 12.1. The van der Waals surface area contributed by atoms with Crippen LogP contribution in [0, 0.1) is 19.8 Å². The van der Waals surface area contributed by atoms with Gasteiger partial charge in [-0.25, -0.2) is 0 Å². The second-order valence-corrected chi connectivity index (χ2v) is 8.40. The van der Waals surface area contributed by atoms with Gasteiger partial charge in [0.05, 0.1) is 6.42 Å². The first-order chi connectivity index (χ1) is 11.8. The number of amides is 1. The average molecular weight is 365 g/mol. The van der Waals surface area contributed by atoms with E-state index < -0.39 is 5.97 Å². The van der Waals surface area contributed by atoms with Gasteiger partial charge in [0.25, 0.3) is 5.91 Å². The summed E-state index contributed by atoms with van der Waals surface area (Å²) in [6, 6.07) is 2.04. The average Bonchev–Trinajstić information content (AvgIpc) is 2.91. The van der Waals surface area contributed by atoms with Crippen molar-refractivity contribution in [3.05, 3.63) is 21.4 Å². The smallest absolute Gasteiger partial charge is 0.306 e. The molecule has 0 aromatic carbocycles. The Kier molecular flexibility index (Phi) is 7.17. The maximum atomic E-state index is 12.1. The van der Waals surface area contributed by atoms with Gasteiger partial charge < -0.3 is 10.1 Å². The lowest BCUT2D eigenvalue weighted by atomic mass is 9.87. The molecule has 0 atom stereocenters. The molecule has 1 heterocycles. The normalized spacial score (nSPS) is 20.1. The summed E-state index contributed by atoms with van der Waals surface area (Å²) in [6.07, 6.45) is 4.31. The minimum Gasteiger partial charge on any atom is -0.456 e. The number of esters is 1. The third-order valence-electron chi connectivity index (χ3n) is 4.64. The molecule has 25 heavy (non-hydrogen) atoms. The fourth-order valence-electron chi connectivity index (χ4n) is 3.15. The zero-order valence-corrected chi connectivity index (χ0v) is 16.0. The third-order valence-corrected chi connectivity index (χ3v) is 5.61. The lowest BCUT2D eigenvalue weighted by Crippen LogP contribution is -2.39. The Labute approximate surface area is 153 Å². The van der Waals surface area contributed by atoms with Crippen molar-refractivity contribution >= 4 is 29.0 Å². The Morgan fingerprint density at radius 3 is 2.44 bits per heavy atom. The van der Waals surface area contributed by atoms with Crippen LogP contribution in [0.25, 0.3) is 0 Å². The van der Waals surface area contributed by atoms with Gasteiger partial charge in [-0.2, -0.15) is 0 Å². The topological polar surface area (TPSA) is 72.5 Å². The molecule has 1 N–H and O–H groups in total. The standard InChI is InChI=1S/C19H27NO4S/c1-12-4-6-15(7-5-12)20-18(22)11-24-19(23)9-8-17(21)16-10-13(2)25-14(16)3/h10,12,15H,4-9,11H2,1-3H3,(H,20,22). The van der Waals surface area contributed by atoms with Crippen molar-refractivity contribution in [3.63, 3.8) is 0 Å². The van der Waals surface area contributed by atoms with Gasteiger partial charge in [-0.1, -0.05) is 6.92 Å². The van der Waals surface area contributed by atoms with Crippen molar-refractivity contribution in [2.45, 2.75) is 65.3 Å². The first kappa shape index (κ1) is 19.6. The van der Waals surface area contributed by atoms with Crippen LogP contribution in [0.5, 0.6) is 0 Å². The van der Waals surface area contributed by atoms with Crippen molar-refractivity contribution in [3.8, 4) is 0 Å². The number of hydrogen-bond donors (Lipinski definition) is 1. The Hall–Kier alpha value is -1.69. The number of thiophene rings is 1. The first-order valence-corrected chi connectivity index (χ1v) is 9.72. The zero-order chi connectivity index (χ0) is 18.4. The van der Waals surface area contributed by atoms with Gasteiger partial charge in [0.2, 0.25) is 0 Å². The van der Waals surface area contributed by atoms with E-state index >= 15 is 0 Å². The first-order valence-electron chi connectivity index (χ1n) is 8.90. The van der Waals surface area contributed by atoms with E-state index in [1.165, 1.54) is 0 Å². The van der Waals surface area contributed by atoms with Crippen molar-refractivity contribution < 1.29 is 19.1 Å². The van der Waals surface area contributed by atoms with Gasteiger partial charge in [-0.05, 0) is 51.5 Å². The second-order valence-electron chi connectivity index (χ2n) is 6.94. The molecule has 6 heteroatoms. The van der Waals surface area contributed by atoms with Gasteiger partial charge in [0.15, 0.2) is 12.4 Å². The molecule has 5 nitrogen and oxygen atoms in total. The van der Waals surface area contributed by atoms with Gasteiger partial charge >= 0.3 is 5.97 Å². The van der Waals surface area contributed by atoms with E-state index in [2.05, 4.69) is 12.2 Å². The predicted octanol–water partition coefficient (Wildman–Crippen LogP) is 3.57. The third kappa shape index (κ3) is 6.27. The molecule has 0 saturated heterocycles. The Morgan fingerprint density at radius 1 is 1.16 bits per heavy atom. The number of rotatable bonds is 7. The SMILES string of the molecule is Cc1cc(C(=O)CCC(=O)OCC(=O)NC2CCC(C)CC2)c(C)s1. The summed E-state index contributed by atoms with van der Waals surface area (Å²) >= 11 is 1.57. The van der Waals surface area contributed by atoms with Crippen molar-refractivity contribution in [1.29, 1.82) is 0 Å². The molecule has 1 saturated carbocycles. The number of ketones is 1. The minimum absolute atomic E-state index is 0.00138. The highest BCUT2D eigenvalue weighted by Gasteiger charge is 2.20. The molecule has 2 rings (SSSR count). The van der Waals surface area contributed by atoms with Gasteiger partial charge in [0, 0.05) is 27.8 Å². The van der Waals surface area contributed by atoms with Crippen LogP contribution in [0.3, 0.4) is 0 Å². The number of hydrogen-bond acceptors (Lipinski definition) is 5. The van der Waals surface area contributed by atoms with Gasteiger partial charge in [-0.3, -0.25) is 14.4 Å². The number of Topliss-reactive ketones (excluding diaryl/α,β-unsaturated/α-hetero) is 1.